The third kappa shape index (κ3) is 9.23. The lowest BCUT2D eigenvalue weighted by Crippen LogP contribution is -2.45. The summed E-state index contributed by atoms with van der Waals surface area (Å²) in [5, 5.41) is 18.5. The van der Waals surface area contributed by atoms with E-state index in [-0.39, 0.29) is 11.1 Å². The SMILES string of the molecule is CN(C)C(c1ccccc1)C1COCOC1.O=C(O[C@@H](C(=O)O)[C@@H](OC(=O)c1ccccc1)C(=O)O)c1ccccc1. The third-order valence-corrected chi connectivity index (χ3v) is 6.22. The molecule has 0 saturated carbocycles. The Kier molecular flexibility index (Phi) is 12.2. The molecule has 0 spiro atoms. The van der Waals surface area contributed by atoms with Crippen LogP contribution in [0, 0.1) is 5.92 Å². The van der Waals surface area contributed by atoms with Gasteiger partial charge in [-0.15, -0.1) is 0 Å². The highest BCUT2D eigenvalue weighted by atomic mass is 16.7. The van der Waals surface area contributed by atoms with Gasteiger partial charge in [-0.25, -0.2) is 19.2 Å². The largest absolute Gasteiger partial charge is 0.478 e. The van der Waals surface area contributed by atoms with Gasteiger partial charge in [-0.05, 0) is 43.9 Å². The van der Waals surface area contributed by atoms with Crippen LogP contribution in [-0.2, 0) is 28.5 Å². The first kappa shape index (κ1) is 31.9. The van der Waals surface area contributed by atoms with Crippen molar-refractivity contribution >= 4 is 23.9 Å². The fourth-order valence-corrected chi connectivity index (χ4v) is 4.33. The second-order valence-electron chi connectivity index (χ2n) is 9.50. The molecule has 1 unspecified atom stereocenters. The number of esters is 2. The predicted octanol–water partition coefficient (Wildman–Crippen LogP) is 3.52. The molecule has 222 valence electrons. The summed E-state index contributed by atoms with van der Waals surface area (Å²) in [7, 11) is 4.21. The number of nitrogens with zero attached hydrogens (tertiary/aromatic N) is 1. The molecule has 3 aromatic carbocycles. The second kappa shape index (κ2) is 16.0. The van der Waals surface area contributed by atoms with Crippen molar-refractivity contribution in [3.63, 3.8) is 0 Å². The fourth-order valence-electron chi connectivity index (χ4n) is 4.33. The third-order valence-electron chi connectivity index (χ3n) is 6.22. The van der Waals surface area contributed by atoms with Crippen molar-refractivity contribution in [1.29, 1.82) is 0 Å². The molecule has 0 radical (unpaired) electrons. The van der Waals surface area contributed by atoms with Gasteiger partial charge in [0, 0.05) is 12.0 Å². The molecule has 1 saturated heterocycles. The Labute approximate surface area is 243 Å². The van der Waals surface area contributed by atoms with Crippen molar-refractivity contribution in [2.75, 3.05) is 34.1 Å². The highest BCUT2D eigenvalue weighted by Crippen LogP contribution is 2.28. The van der Waals surface area contributed by atoms with Crippen molar-refractivity contribution in [3.8, 4) is 0 Å². The van der Waals surface area contributed by atoms with Crippen LogP contribution in [0.1, 0.15) is 32.3 Å². The molecule has 42 heavy (non-hydrogen) atoms. The topological polar surface area (TPSA) is 149 Å². The van der Waals surface area contributed by atoms with Gasteiger partial charge in [0.2, 0.25) is 12.2 Å². The fraction of sp³-hybridized carbons (Fsp3) is 0.290. The number of hydrogen-bond donors (Lipinski definition) is 2. The average molecular weight is 580 g/mol. The van der Waals surface area contributed by atoms with Crippen LogP contribution in [0.15, 0.2) is 91.0 Å². The number of carbonyl (C=O) groups is 4. The Bertz CT molecular complexity index is 1230. The molecule has 1 fully saturated rings. The van der Waals surface area contributed by atoms with Gasteiger partial charge in [0.1, 0.15) is 6.79 Å². The Morgan fingerprint density at radius 1 is 0.690 bits per heavy atom. The zero-order valence-electron chi connectivity index (χ0n) is 23.2. The van der Waals surface area contributed by atoms with Gasteiger partial charge in [-0.2, -0.15) is 0 Å². The normalized spacial score (nSPS) is 15.3. The average Bonchev–Trinajstić information content (AvgIpc) is 3.00. The molecule has 11 heteroatoms. The van der Waals surface area contributed by atoms with E-state index in [0.29, 0.717) is 18.8 Å². The summed E-state index contributed by atoms with van der Waals surface area (Å²) >= 11 is 0. The summed E-state index contributed by atoms with van der Waals surface area (Å²) in [4.78, 5) is 49.1. The maximum Gasteiger partial charge on any atom is 0.349 e. The summed E-state index contributed by atoms with van der Waals surface area (Å²) < 4.78 is 20.3. The van der Waals surface area contributed by atoms with Gasteiger partial charge in [-0.3, -0.25) is 0 Å². The van der Waals surface area contributed by atoms with Crippen LogP contribution < -0.4 is 0 Å². The van der Waals surface area contributed by atoms with Crippen LogP contribution in [-0.4, -0.2) is 85.3 Å². The highest BCUT2D eigenvalue weighted by molar-refractivity contribution is 5.95. The van der Waals surface area contributed by atoms with Crippen LogP contribution in [0.5, 0.6) is 0 Å². The summed E-state index contributed by atoms with van der Waals surface area (Å²) in [6.45, 7) is 1.99. The number of rotatable bonds is 10. The minimum absolute atomic E-state index is 0.0253. The molecule has 0 bridgehead atoms. The molecular formula is C31H33NO10. The molecule has 0 aromatic heterocycles. The van der Waals surface area contributed by atoms with E-state index in [2.05, 4.69) is 43.3 Å². The van der Waals surface area contributed by atoms with Crippen LogP contribution in [0.2, 0.25) is 0 Å². The zero-order chi connectivity index (χ0) is 30.5. The monoisotopic (exact) mass is 579 g/mol. The lowest BCUT2D eigenvalue weighted by atomic mass is 9.93. The molecular weight excluding hydrogens is 546 g/mol. The summed E-state index contributed by atoms with van der Waals surface area (Å²) in [5.74, 6) is -5.23. The molecule has 1 aliphatic rings. The molecule has 1 heterocycles. The molecule has 0 aliphatic carbocycles. The summed E-state index contributed by atoms with van der Waals surface area (Å²) in [6, 6.07) is 25.7. The van der Waals surface area contributed by atoms with Crippen molar-refractivity contribution in [2.45, 2.75) is 18.2 Å². The van der Waals surface area contributed by atoms with Gasteiger partial charge >= 0.3 is 23.9 Å². The minimum atomic E-state index is -2.21. The van der Waals surface area contributed by atoms with E-state index in [4.69, 9.17) is 18.9 Å². The molecule has 0 amide bonds. The van der Waals surface area contributed by atoms with Crippen LogP contribution in [0.25, 0.3) is 0 Å². The quantitative estimate of drug-likeness (QED) is 0.340. The predicted molar refractivity (Wildman–Crippen MR) is 150 cm³/mol. The maximum absolute atomic E-state index is 12.0. The number of carboxylic acids is 2. The number of carbonyl (C=O) groups excluding carboxylic acids is 2. The Morgan fingerprint density at radius 2 is 1.07 bits per heavy atom. The molecule has 4 rings (SSSR count). The van der Waals surface area contributed by atoms with Crippen molar-refractivity contribution in [2.24, 2.45) is 5.92 Å². The lowest BCUT2D eigenvalue weighted by molar-refractivity contribution is -0.166. The van der Waals surface area contributed by atoms with Crippen LogP contribution >= 0.6 is 0 Å². The van der Waals surface area contributed by atoms with E-state index in [0.717, 1.165) is 13.2 Å². The molecule has 3 aromatic rings. The Balaban J connectivity index is 0.000000258. The van der Waals surface area contributed by atoms with Gasteiger partial charge in [0.25, 0.3) is 0 Å². The van der Waals surface area contributed by atoms with E-state index < -0.39 is 36.1 Å². The smallest absolute Gasteiger partial charge is 0.349 e. The van der Waals surface area contributed by atoms with Gasteiger partial charge < -0.3 is 34.1 Å². The first-order chi connectivity index (χ1) is 20.2. The van der Waals surface area contributed by atoms with E-state index in [9.17, 15) is 29.4 Å². The molecule has 11 nitrogen and oxygen atoms in total. The van der Waals surface area contributed by atoms with E-state index in [1.54, 1.807) is 12.1 Å². The summed E-state index contributed by atoms with van der Waals surface area (Å²) in [5.41, 5.74) is 1.38. The number of aliphatic carboxylic acids is 2. The van der Waals surface area contributed by atoms with E-state index in [1.165, 1.54) is 54.1 Å². The minimum Gasteiger partial charge on any atom is -0.478 e. The number of hydrogen-bond acceptors (Lipinski definition) is 9. The van der Waals surface area contributed by atoms with Gasteiger partial charge in [0.15, 0.2) is 0 Å². The highest BCUT2D eigenvalue weighted by Gasteiger charge is 2.41. The van der Waals surface area contributed by atoms with Crippen LogP contribution in [0.4, 0.5) is 0 Å². The standard InChI is InChI=1S/C18H14O8.C13H19NO2/c19-15(20)13(25-17(23)11-7-3-1-4-8-11)14(16(21)22)26-18(24)12-9-5-2-6-10-12;1-14(2)13(11-6-4-3-5-7-11)12-8-15-10-16-9-12/h1-10,13-14H,(H,19,20)(H,21,22);3-7,12-13H,8-10H2,1-2H3/t13-,14-;/m1./s1. The summed E-state index contributed by atoms with van der Waals surface area (Å²) in [6.07, 6.45) is -4.43. The second-order valence-corrected chi connectivity index (χ2v) is 9.50. The first-order valence-electron chi connectivity index (χ1n) is 13.0. The van der Waals surface area contributed by atoms with Gasteiger partial charge in [0.05, 0.1) is 24.3 Å². The van der Waals surface area contributed by atoms with Crippen molar-refractivity contribution < 1.29 is 48.3 Å². The molecule has 3 atom stereocenters. The van der Waals surface area contributed by atoms with Crippen molar-refractivity contribution in [3.05, 3.63) is 108 Å². The Morgan fingerprint density at radius 3 is 1.43 bits per heavy atom. The van der Waals surface area contributed by atoms with Crippen molar-refractivity contribution in [1.82, 2.24) is 4.90 Å². The number of carboxylic acid groups (broad SMARTS) is 2. The first-order valence-corrected chi connectivity index (χ1v) is 13.0. The van der Waals surface area contributed by atoms with E-state index in [1.807, 2.05) is 6.07 Å². The molecule has 2 N–H and O–H groups in total. The van der Waals surface area contributed by atoms with Gasteiger partial charge in [-0.1, -0.05) is 66.7 Å². The zero-order valence-corrected chi connectivity index (χ0v) is 23.2. The lowest BCUT2D eigenvalue weighted by Gasteiger charge is -2.34. The number of benzene rings is 3. The molecule has 1 aliphatic heterocycles. The van der Waals surface area contributed by atoms with E-state index >= 15 is 0 Å². The number of ether oxygens (including phenoxy) is 4. The maximum atomic E-state index is 12.0. The Hall–Kier alpha value is -4.58. The van der Waals surface area contributed by atoms with Crippen LogP contribution in [0.3, 0.4) is 0 Å².